The first-order valence-corrected chi connectivity index (χ1v) is 18.0. The van der Waals surface area contributed by atoms with Gasteiger partial charge < -0.3 is 15.1 Å². The Hall–Kier alpha value is -6.58. The molecule has 0 saturated heterocycles. The Morgan fingerprint density at radius 3 is 1.35 bits per heavy atom. The molecule has 0 spiro atoms. The van der Waals surface area contributed by atoms with E-state index in [0.29, 0.717) is 0 Å². The lowest BCUT2D eigenvalue weighted by molar-refractivity contribution is 0.891. The minimum Gasteiger partial charge on any atom is -0.385 e. The predicted molar refractivity (Wildman–Crippen MR) is 224 cm³/mol. The molecule has 0 radical (unpaired) electrons. The molecule has 0 atom stereocenters. The molecule has 0 aliphatic rings. The fourth-order valence-corrected chi connectivity index (χ4v) is 7.05. The molecule has 0 saturated carbocycles. The number of para-hydroxylation sites is 1. The molecular formula is C49H41N3. The molecule has 0 amide bonds. The van der Waals surface area contributed by atoms with Crippen molar-refractivity contribution in [1.29, 1.82) is 0 Å². The Morgan fingerprint density at radius 1 is 0.423 bits per heavy atom. The number of nitrogens with zero attached hydrogens (tertiary/aromatic N) is 2. The lowest BCUT2D eigenvalue weighted by Crippen LogP contribution is -2.11. The average molecular weight is 672 g/mol. The van der Waals surface area contributed by atoms with Crippen molar-refractivity contribution in [3.05, 3.63) is 201 Å². The van der Waals surface area contributed by atoms with Crippen molar-refractivity contribution in [2.75, 3.05) is 21.7 Å². The van der Waals surface area contributed by atoms with Crippen molar-refractivity contribution < 1.29 is 0 Å². The van der Waals surface area contributed by atoms with E-state index in [1.54, 1.807) is 0 Å². The smallest absolute Gasteiger partial charge is 0.0540 e. The summed E-state index contributed by atoms with van der Waals surface area (Å²) in [5.41, 5.74) is 10.2. The molecule has 8 rings (SSSR count). The van der Waals surface area contributed by atoms with Gasteiger partial charge in [-0.25, -0.2) is 0 Å². The normalized spacial score (nSPS) is 11.0. The van der Waals surface area contributed by atoms with Crippen LogP contribution in [0.4, 0.5) is 39.8 Å². The lowest BCUT2D eigenvalue weighted by atomic mass is 10.0. The van der Waals surface area contributed by atoms with E-state index in [9.17, 15) is 0 Å². The zero-order valence-corrected chi connectivity index (χ0v) is 29.2. The highest BCUT2D eigenvalue weighted by Gasteiger charge is 2.17. The molecule has 8 aromatic carbocycles. The number of unbranched alkanes of at least 4 members (excludes halogenated alkanes) is 1. The van der Waals surface area contributed by atoms with E-state index in [1.807, 2.05) is 6.08 Å². The van der Waals surface area contributed by atoms with Crippen molar-refractivity contribution in [2.24, 2.45) is 0 Å². The molecule has 0 bridgehead atoms. The first kappa shape index (κ1) is 32.6. The Morgan fingerprint density at radius 2 is 0.846 bits per heavy atom. The van der Waals surface area contributed by atoms with Crippen molar-refractivity contribution in [3.63, 3.8) is 0 Å². The summed E-state index contributed by atoms with van der Waals surface area (Å²) in [7, 11) is 0. The molecule has 3 heteroatoms. The summed E-state index contributed by atoms with van der Waals surface area (Å²) in [5, 5.41) is 8.42. The molecule has 0 aliphatic carbocycles. The van der Waals surface area contributed by atoms with Gasteiger partial charge in [0.25, 0.3) is 0 Å². The topological polar surface area (TPSA) is 18.5 Å². The van der Waals surface area contributed by atoms with Crippen LogP contribution in [0.15, 0.2) is 201 Å². The van der Waals surface area contributed by atoms with Gasteiger partial charge in [0.05, 0.1) is 11.4 Å². The largest absolute Gasteiger partial charge is 0.385 e. The van der Waals surface area contributed by atoms with Crippen LogP contribution in [0, 0.1) is 0 Å². The highest BCUT2D eigenvalue weighted by molar-refractivity contribution is 6.00. The summed E-state index contributed by atoms with van der Waals surface area (Å²) in [6.45, 7) is 4.77. The third kappa shape index (κ3) is 6.77. The predicted octanol–water partition coefficient (Wildman–Crippen LogP) is 14.0. The van der Waals surface area contributed by atoms with Gasteiger partial charge in [-0.2, -0.15) is 0 Å². The second-order valence-corrected chi connectivity index (χ2v) is 13.0. The average Bonchev–Trinajstić information content (AvgIpc) is 3.21. The van der Waals surface area contributed by atoms with E-state index in [4.69, 9.17) is 0 Å². The van der Waals surface area contributed by atoms with Gasteiger partial charge in [0.15, 0.2) is 0 Å². The number of benzene rings is 8. The van der Waals surface area contributed by atoms with Gasteiger partial charge in [-0.05, 0) is 108 Å². The number of nitrogens with one attached hydrogen (secondary N) is 1. The molecular weight excluding hydrogens is 631 g/mol. The van der Waals surface area contributed by atoms with E-state index in [2.05, 4.69) is 210 Å². The number of anilines is 7. The first-order valence-electron chi connectivity index (χ1n) is 18.0. The van der Waals surface area contributed by atoms with Crippen LogP contribution in [0.3, 0.4) is 0 Å². The summed E-state index contributed by atoms with van der Waals surface area (Å²) in [5.74, 6) is 0. The third-order valence-corrected chi connectivity index (χ3v) is 9.65. The number of hydrogen-bond donors (Lipinski definition) is 1. The van der Waals surface area contributed by atoms with E-state index < -0.39 is 0 Å². The van der Waals surface area contributed by atoms with E-state index in [-0.39, 0.29) is 0 Å². The van der Waals surface area contributed by atoms with Gasteiger partial charge in [-0.3, -0.25) is 0 Å². The van der Waals surface area contributed by atoms with Gasteiger partial charge in [0.2, 0.25) is 0 Å². The molecule has 0 unspecified atom stereocenters. The summed E-state index contributed by atoms with van der Waals surface area (Å²) in [4.78, 5) is 4.71. The van der Waals surface area contributed by atoms with Crippen LogP contribution in [-0.2, 0) is 0 Å². The van der Waals surface area contributed by atoms with Gasteiger partial charge in [0.1, 0.15) is 0 Å². The second-order valence-electron chi connectivity index (χ2n) is 13.0. The quantitative estimate of drug-likeness (QED) is 0.103. The van der Waals surface area contributed by atoms with Crippen LogP contribution >= 0.6 is 0 Å². The molecule has 0 aliphatic heterocycles. The van der Waals surface area contributed by atoms with Gasteiger partial charge >= 0.3 is 0 Å². The van der Waals surface area contributed by atoms with Crippen LogP contribution in [0.25, 0.3) is 32.7 Å². The molecule has 3 nitrogen and oxygen atoms in total. The lowest BCUT2D eigenvalue weighted by Gasteiger charge is -2.27. The first-order chi connectivity index (χ1) is 25.8. The summed E-state index contributed by atoms with van der Waals surface area (Å²) < 4.78 is 0. The standard InChI is InChI=1S/C49H41N3/c1-2-3-11-36-50-41-28-34-45(35-29-41)52(49-23-13-17-40-15-8-10-21-47(40)49)44-32-26-38(27-33-44)37-24-30-43(31-25-37)51(42-18-5-4-6-19-42)48-22-12-16-39-14-7-9-20-46(39)48/h2,4-10,12-35,50H,1,3,11,36H2. The van der Waals surface area contributed by atoms with E-state index in [0.717, 1.165) is 59.2 Å². The highest BCUT2D eigenvalue weighted by atomic mass is 15.1. The summed E-state index contributed by atoms with van der Waals surface area (Å²) in [6.07, 6.45) is 4.05. The van der Waals surface area contributed by atoms with E-state index >= 15 is 0 Å². The fraction of sp³-hybridized carbons (Fsp3) is 0.0612. The number of fused-ring (bicyclic) bond motifs is 2. The van der Waals surface area contributed by atoms with Crippen molar-refractivity contribution in [1.82, 2.24) is 0 Å². The van der Waals surface area contributed by atoms with Gasteiger partial charge in [-0.15, -0.1) is 6.58 Å². The number of rotatable bonds is 12. The monoisotopic (exact) mass is 671 g/mol. The molecule has 252 valence electrons. The van der Waals surface area contributed by atoms with E-state index in [1.165, 1.54) is 32.7 Å². The molecule has 1 N–H and O–H groups in total. The van der Waals surface area contributed by atoms with Crippen LogP contribution in [0.5, 0.6) is 0 Å². The van der Waals surface area contributed by atoms with Gasteiger partial charge in [-0.1, -0.05) is 121 Å². The van der Waals surface area contributed by atoms with Crippen LogP contribution in [-0.4, -0.2) is 6.54 Å². The second kappa shape index (κ2) is 15.1. The summed E-state index contributed by atoms with van der Waals surface area (Å²) >= 11 is 0. The molecule has 8 aromatic rings. The Balaban J connectivity index is 1.12. The van der Waals surface area contributed by atoms with Crippen LogP contribution < -0.4 is 15.1 Å². The molecule has 0 fully saturated rings. The minimum absolute atomic E-state index is 0.925. The fourth-order valence-electron chi connectivity index (χ4n) is 7.05. The minimum atomic E-state index is 0.925. The van der Waals surface area contributed by atoms with Crippen LogP contribution in [0.2, 0.25) is 0 Å². The Labute approximate surface area is 306 Å². The maximum atomic E-state index is 3.84. The van der Waals surface area contributed by atoms with Crippen molar-refractivity contribution >= 4 is 61.4 Å². The zero-order chi connectivity index (χ0) is 35.1. The third-order valence-electron chi connectivity index (χ3n) is 9.65. The number of allylic oxidation sites excluding steroid dienone is 1. The molecule has 0 heterocycles. The summed E-state index contributed by atoms with van der Waals surface area (Å²) in [6, 6.07) is 67.5. The van der Waals surface area contributed by atoms with Crippen molar-refractivity contribution in [2.45, 2.75) is 12.8 Å². The Bertz CT molecular complexity index is 2400. The van der Waals surface area contributed by atoms with Crippen molar-refractivity contribution in [3.8, 4) is 11.1 Å². The molecule has 0 aromatic heterocycles. The highest BCUT2D eigenvalue weighted by Crippen LogP contribution is 2.41. The molecule has 52 heavy (non-hydrogen) atoms. The zero-order valence-electron chi connectivity index (χ0n) is 29.2. The van der Waals surface area contributed by atoms with Gasteiger partial charge in [0, 0.05) is 45.8 Å². The van der Waals surface area contributed by atoms with Crippen LogP contribution in [0.1, 0.15) is 12.8 Å². The number of hydrogen-bond acceptors (Lipinski definition) is 3. The Kier molecular flexibility index (Phi) is 9.48. The maximum Gasteiger partial charge on any atom is 0.0540 e. The SMILES string of the molecule is C=CCCCNc1ccc(N(c2ccc(-c3ccc(N(c4ccccc4)c4cccc5ccccc45)cc3)cc2)c2cccc3ccccc23)cc1. The maximum absolute atomic E-state index is 3.84.